The zero-order chi connectivity index (χ0) is 21.3. The molecule has 0 aliphatic carbocycles. The quantitative estimate of drug-likeness (QED) is 0.645. The van der Waals surface area contributed by atoms with Crippen molar-refractivity contribution in [3.05, 3.63) is 36.0 Å². The topological polar surface area (TPSA) is 91.8 Å². The number of rotatable bonds is 9. The molecule has 1 amide bonds. The maximum Gasteiger partial charge on any atom is 0.320 e. The first-order valence-corrected chi connectivity index (χ1v) is 10.7. The number of amides is 1. The summed E-state index contributed by atoms with van der Waals surface area (Å²) in [6.45, 7) is 1.23. The van der Waals surface area contributed by atoms with E-state index in [1.165, 1.54) is 25.2 Å². The first-order chi connectivity index (χ1) is 14.6. The van der Waals surface area contributed by atoms with Crippen molar-refractivity contribution in [2.24, 2.45) is 0 Å². The number of aromatic nitrogens is 2. The molecular formula is C21H27N3O5S. The van der Waals surface area contributed by atoms with Gasteiger partial charge in [0.1, 0.15) is 11.4 Å². The van der Waals surface area contributed by atoms with Crippen LogP contribution in [0.3, 0.4) is 0 Å². The van der Waals surface area contributed by atoms with E-state index >= 15 is 0 Å². The lowest BCUT2D eigenvalue weighted by Gasteiger charge is -2.29. The van der Waals surface area contributed by atoms with Crippen molar-refractivity contribution in [3.8, 4) is 17.6 Å². The number of ether oxygens (including phenoxy) is 4. The minimum absolute atomic E-state index is 0.0912. The Morgan fingerprint density at radius 3 is 2.67 bits per heavy atom. The minimum atomic E-state index is -0.297. The summed E-state index contributed by atoms with van der Waals surface area (Å²) in [6, 6.07) is 9.69. The number of hydrogen-bond acceptors (Lipinski definition) is 8. The second-order valence-electron chi connectivity index (χ2n) is 6.76. The van der Waals surface area contributed by atoms with E-state index in [0.717, 1.165) is 31.6 Å². The molecule has 0 radical (unpaired) electrons. The lowest BCUT2D eigenvalue weighted by atomic mass is 10.1. The molecule has 162 valence electrons. The largest absolute Gasteiger partial charge is 0.497 e. The van der Waals surface area contributed by atoms with Gasteiger partial charge < -0.3 is 24.3 Å². The average Bonchev–Trinajstić information content (AvgIpc) is 2.79. The van der Waals surface area contributed by atoms with Gasteiger partial charge in [-0.25, -0.2) is 0 Å². The molecule has 3 rings (SSSR count). The van der Waals surface area contributed by atoms with E-state index in [-0.39, 0.29) is 29.6 Å². The summed E-state index contributed by atoms with van der Waals surface area (Å²) >= 11 is 1.86. The fourth-order valence-corrected chi connectivity index (χ4v) is 4.36. The first-order valence-electron chi connectivity index (χ1n) is 9.79. The number of methoxy groups -OCH3 is 3. The summed E-state index contributed by atoms with van der Waals surface area (Å²) in [5.74, 6) is 0.842. The van der Waals surface area contributed by atoms with Gasteiger partial charge in [0.15, 0.2) is 0 Å². The molecule has 0 spiro atoms. The van der Waals surface area contributed by atoms with Gasteiger partial charge in [-0.15, -0.1) is 11.8 Å². The average molecular weight is 434 g/mol. The van der Waals surface area contributed by atoms with E-state index in [2.05, 4.69) is 27.4 Å². The van der Waals surface area contributed by atoms with Crippen molar-refractivity contribution in [1.82, 2.24) is 15.3 Å². The van der Waals surface area contributed by atoms with Crippen LogP contribution in [0.5, 0.6) is 17.6 Å². The van der Waals surface area contributed by atoms with Gasteiger partial charge in [0.2, 0.25) is 5.88 Å². The summed E-state index contributed by atoms with van der Waals surface area (Å²) in [5, 5.41) is 3.37. The first kappa shape index (κ1) is 22.2. The SMILES string of the molecule is COc1ccc(S[C@@H]2CCO[C@@H](CCNC(=O)c3cc(OC)nc(OC)n3)C2)cc1. The molecule has 1 aliphatic rings. The molecule has 9 heteroatoms. The van der Waals surface area contributed by atoms with Crippen molar-refractivity contribution in [2.75, 3.05) is 34.5 Å². The monoisotopic (exact) mass is 433 g/mol. The predicted octanol–water partition coefficient (Wildman–Crippen LogP) is 2.96. The number of carbonyl (C=O) groups is 1. The number of nitrogens with one attached hydrogen (secondary N) is 1. The van der Waals surface area contributed by atoms with E-state index in [4.69, 9.17) is 18.9 Å². The third-order valence-corrected chi connectivity index (χ3v) is 6.05. The molecule has 1 aliphatic heterocycles. The lowest BCUT2D eigenvalue weighted by molar-refractivity contribution is 0.0144. The molecule has 1 saturated heterocycles. The Labute approximate surface area is 180 Å². The standard InChI is InChI=1S/C21H27N3O5S/c1-26-14-4-6-16(7-5-14)30-17-9-11-29-15(12-17)8-10-22-20(25)18-13-19(27-2)24-21(23-18)28-3/h4-7,13,15,17H,8-12H2,1-3H3,(H,22,25)/t15-,17+/m0/s1. The molecule has 1 aromatic heterocycles. The van der Waals surface area contributed by atoms with Gasteiger partial charge in [-0.3, -0.25) is 4.79 Å². The van der Waals surface area contributed by atoms with Crippen LogP contribution in [0.25, 0.3) is 0 Å². The van der Waals surface area contributed by atoms with Crippen LogP contribution < -0.4 is 19.5 Å². The Kier molecular flexibility index (Phi) is 8.15. The molecule has 0 saturated carbocycles. The molecule has 2 heterocycles. The minimum Gasteiger partial charge on any atom is -0.497 e. The summed E-state index contributed by atoms with van der Waals surface area (Å²) in [5.41, 5.74) is 0.205. The Balaban J connectivity index is 1.46. The molecule has 1 aromatic carbocycles. The Morgan fingerprint density at radius 1 is 1.17 bits per heavy atom. The maximum atomic E-state index is 12.4. The highest BCUT2D eigenvalue weighted by molar-refractivity contribution is 8.00. The summed E-state index contributed by atoms with van der Waals surface area (Å²) in [6.07, 6.45) is 2.82. The summed E-state index contributed by atoms with van der Waals surface area (Å²) in [4.78, 5) is 21.7. The summed E-state index contributed by atoms with van der Waals surface area (Å²) in [7, 11) is 4.59. The van der Waals surface area contributed by atoms with Crippen molar-refractivity contribution in [1.29, 1.82) is 0 Å². The molecule has 0 unspecified atom stereocenters. The Morgan fingerprint density at radius 2 is 1.97 bits per heavy atom. The maximum absolute atomic E-state index is 12.4. The third-order valence-electron chi connectivity index (χ3n) is 4.74. The smallest absolute Gasteiger partial charge is 0.320 e. The number of hydrogen-bond donors (Lipinski definition) is 1. The fourth-order valence-electron chi connectivity index (χ4n) is 3.15. The highest BCUT2D eigenvalue weighted by Crippen LogP contribution is 2.33. The van der Waals surface area contributed by atoms with Crippen LogP contribution in [0.1, 0.15) is 29.8 Å². The van der Waals surface area contributed by atoms with E-state index < -0.39 is 0 Å². The zero-order valence-corrected chi connectivity index (χ0v) is 18.2. The molecule has 2 aromatic rings. The second-order valence-corrected chi connectivity index (χ2v) is 8.13. The number of nitrogens with zero attached hydrogens (tertiary/aromatic N) is 2. The third kappa shape index (κ3) is 6.24. The molecule has 1 fully saturated rings. The molecular weight excluding hydrogens is 406 g/mol. The Bertz CT molecular complexity index is 812. The number of thioether (sulfide) groups is 1. The van der Waals surface area contributed by atoms with Gasteiger partial charge >= 0.3 is 6.01 Å². The van der Waals surface area contributed by atoms with E-state index in [1.807, 2.05) is 23.9 Å². The number of benzene rings is 1. The van der Waals surface area contributed by atoms with Crippen molar-refractivity contribution < 1.29 is 23.7 Å². The van der Waals surface area contributed by atoms with Crippen molar-refractivity contribution in [3.63, 3.8) is 0 Å². The summed E-state index contributed by atoms with van der Waals surface area (Å²) < 4.78 is 21.2. The van der Waals surface area contributed by atoms with Gasteiger partial charge in [0.25, 0.3) is 5.91 Å². The van der Waals surface area contributed by atoms with Crippen LogP contribution >= 0.6 is 11.8 Å². The van der Waals surface area contributed by atoms with Crippen LogP contribution in [0.4, 0.5) is 0 Å². The molecule has 8 nitrogen and oxygen atoms in total. The molecule has 2 atom stereocenters. The van der Waals surface area contributed by atoms with E-state index in [1.54, 1.807) is 7.11 Å². The van der Waals surface area contributed by atoms with Gasteiger partial charge in [0.05, 0.1) is 27.4 Å². The zero-order valence-electron chi connectivity index (χ0n) is 17.4. The lowest BCUT2D eigenvalue weighted by Crippen LogP contribution is -2.32. The fraction of sp³-hybridized carbons (Fsp3) is 0.476. The predicted molar refractivity (Wildman–Crippen MR) is 114 cm³/mol. The van der Waals surface area contributed by atoms with Crippen LogP contribution in [-0.2, 0) is 4.74 Å². The van der Waals surface area contributed by atoms with Gasteiger partial charge in [0, 0.05) is 29.4 Å². The van der Waals surface area contributed by atoms with Gasteiger partial charge in [-0.1, -0.05) is 0 Å². The molecule has 0 bridgehead atoms. The molecule has 30 heavy (non-hydrogen) atoms. The number of carbonyl (C=O) groups excluding carboxylic acids is 1. The van der Waals surface area contributed by atoms with Crippen molar-refractivity contribution in [2.45, 2.75) is 35.5 Å². The van der Waals surface area contributed by atoms with Gasteiger partial charge in [-0.05, 0) is 43.5 Å². The second kappa shape index (κ2) is 11.0. The van der Waals surface area contributed by atoms with Crippen molar-refractivity contribution >= 4 is 17.7 Å². The van der Waals surface area contributed by atoms with E-state index in [9.17, 15) is 4.79 Å². The van der Waals surface area contributed by atoms with Crippen LogP contribution in [0, 0.1) is 0 Å². The van der Waals surface area contributed by atoms with Gasteiger partial charge in [-0.2, -0.15) is 9.97 Å². The van der Waals surface area contributed by atoms with Crippen LogP contribution in [0.15, 0.2) is 35.2 Å². The Hall–Kier alpha value is -2.52. The van der Waals surface area contributed by atoms with E-state index in [0.29, 0.717) is 11.8 Å². The highest BCUT2D eigenvalue weighted by atomic mass is 32.2. The van der Waals surface area contributed by atoms with Crippen LogP contribution in [-0.4, -0.2) is 61.7 Å². The molecule has 1 N–H and O–H groups in total. The highest BCUT2D eigenvalue weighted by Gasteiger charge is 2.23. The normalized spacial score (nSPS) is 18.5. The van der Waals surface area contributed by atoms with Crippen LogP contribution in [0.2, 0.25) is 0 Å².